The minimum atomic E-state index is -0.640. The van der Waals surface area contributed by atoms with Gasteiger partial charge >= 0.3 is 5.97 Å². The lowest BCUT2D eigenvalue weighted by atomic mass is 9.50. The molecule has 3 nitrogen and oxygen atoms in total. The molecule has 3 rings (SSSR count). The zero-order valence-electron chi connectivity index (χ0n) is 19.5. The summed E-state index contributed by atoms with van der Waals surface area (Å²) in [5, 5.41) is 10.3. The smallest absolute Gasteiger partial charge is 0.307 e. The van der Waals surface area contributed by atoms with Crippen LogP contribution in [0.2, 0.25) is 0 Å². The van der Waals surface area contributed by atoms with Crippen molar-refractivity contribution in [3.63, 3.8) is 0 Å². The highest BCUT2D eigenvalue weighted by atomic mass is 16.4. The molecule has 0 aromatic rings. The first-order valence-electron chi connectivity index (χ1n) is 12.4. The molecule has 1 N–H and O–H groups in total. The van der Waals surface area contributed by atoms with Crippen LogP contribution in [0.5, 0.6) is 0 Å². The Morgan fingerprint density at radius 2 is 1.76 bits per heavy atom. The predicted octanol–water partition coefficient (Wildman–Crippen LogP) is 6.74. The molecule has 0 heterocycles. The predicted molar refractivity (Wildman–Crippen MR) is 118 cm³/mol. The first kappa shape index (κ1) is 22.8. The Labute approximate surface area is 178 Å². The van der Waals surface area contributed by atoms with Crippen molar-refractivity contribution in [1.82, 2.24) is 0 Å². The van der Waals surface area contributed by atoms with E-state index in [1.54, 1.807) is 0 Å². The quantitative estimate of drug-likeness (QED) is 0.511. The molecule has 0 bridgehead atoms. The van der Waals surface area contributed by atoms with Crippen LogP contribution < -0.4 is 0 Å². The monoisotopic (exact) mass is 404 g/mol. The van der Waals surface area contributed by atoms with E-state index in [4.69, 9.17) is 0 Å². The average molecular weight is 405 g/mol. The second-order valence-electron chi connectivity index (χ2n) is 11.7. The van der Waals surface area contributed by atoms with Crippen molar-refractivity contribution in [1.29, 1.82) is 0 Å². The molecule has 0 unspecified atom stereocenters. The van der Waals surface area contributed by atoms with Crippen LogP contribution in [0.25, 0.3) is 0 Å². The zero-order chi connectivity index (χ0) is 21.4. The maximum atomic E-state index is 12.9. The maximum absolute atomic E-state index is 12.9. The molecule has 0 saturated heterocycles. The Bertz CT molecular complexity index is 611. The first-order valence-corrected chi connectivity index (χ1v) is 12.4. The Hall–Kier alpha value is -0.860. The molecular weight excluding hydrogens is 360 g/mol. The van der Waals surface area contributed by atoms with Crippen molar-refractivity contribution < 1.29 is 14.7 Å². The molecule has 3 fully saturated rings. The molecular formula is C26H44O3. The second-order valence-corrected chi connectivity index (χ2v) is 11.7. The molecule has 0 aromatic carbocycles. The number of carboxylic acids is 1. The van der Waals surface area contributed by atoms with Crippen molar-refractivity contribution >= 4 is 11.8 Å². The van der Waals surface area contributed by atoms with Crippen molar-refractivity contribution in [2.45, 2.75) is 105 Å². The van der Waals surface area contributed by atoms with Crippen LogP contribution in [0.3, 0.4) is 0 Å². The van der Waals surface area contributed by atoms with Gasteiger partial charge in [-0.1, -0.05) is 60.3 Å². The van der Waals surface area contributed by atoms with E-state index in [1.807, 2.05) is 0 Å². The van der Waals surface area contributed by atoms with E-state index in [9.17, 15) is 14.7 Å². The van der Waals surface area contributed by atoms with Crippen molar-refractivity contribution in [3.05, 3.63) is 0 Å². The van der Waals surface area contributed by atoms with Crippen LogP contribution in [0.4, 0.5) is 0 Å². The maximum Gasteiger partial charge on any atom is 0.307 e. The Balaban J connectivity index is 1.79. The van der Waals surface area contributed by atoms with Gasteiger partial charge < -0.3 is 5.11 Å². The van der Waals surface area contributed by atoms with Gasteiger partial charge in [0.2, 0.25) is 0 Å². The van der Waals surface area contributed by atoms with Crippen molar-refractivity contribution in [2.75, 3.05) is 0 Å². The number of carbonyl (C=O) groups is 2. The molecule has 0 amide bonds. The molecule has 29 heavy (non-hydrogen) atoms. The number of Topliss-reactive ketones (excluding diaryl/α,β-unsaturated/α-hetero) is 1. The van der Waals surface area contributed by atoms with Crippen molar-refractivity contribution in [2.24, 2.45) is 46.3 Å². The summed E-state index contributed by atoms with van der Waals surface area (Å²) in [4.78, 5) is 25.5. The Kier molecular flexibility index (Phi) is 6.85. The van der Waals surface area contributed by atoms with Gasteiger partial charge in [-0.05, 0) is 73.5 Å². The zero-order valence-corrected chi connectivity index (χ0v) is 19.5. The summed E-state index contributed by atoms with van der Waals surface area (Å²) in [6, 6.07) is 0. The van der Waals surface area contributed by atoms with Gasteiger partial charge in [0.25, 0.3) is 0 Å². The minimum absolute atomic E-state index is 0.0286. The fourth-order valence-electron chi connectivity index (χ4n) is 7.82. The lowest BCUT2D eigenvalue weighted by Gasteiger charge is -2.53. The highest BCUT2D eigenvalue weighted by Crippen LogP contribution is 2.64. The second kappa shape index (κ2) is 8.71. The number of hydrogen-bond donors (Lipinski definition) is 1. The van der Waals surface area contributed by atoms with E-state index in [-0.39, 0.29) is 23.2 Å². The summed E-state index contributed by atoms with van der Waals surface area (Å²) in [6.07, 6.45) is 11.7. The highest BCUT2D eigenvalue weighted by molar-refractivity contribution is 5.86. The van der Waals surface area contributed by atoms with Crippen LogP contribution >= 0.6 is 0 Å². The van der Waals surface area contributed by atoms with Gasteiger partial charge in [-0.2, -0.15) is 0 Å². The average Bonchev–Trinajstić information content (AvgIpc) is 2.99. The number of ketones is 1. The van der Waals surface area contributed by atoms with Gasteiger partial charge in [0.05, 0.1) is 5.92 Å². The van der Waals surface area contributed by atoms with Gasteiger partial charge in [0.1, 0.15) is 5.78 Å². The lowest BCUT2D eigenvalue weighted by molar-refractivity contribution is -0.161. The summed E-state index contributed by atoms with van der Waals surface area (Å²) in [5.74, 6) is 1.69. The molecule has 3 aliphatic carbocycles. The molecule has 166 valence electrons. The van der Waals surface area contributed by atoms with Gasteiger partial charge in [0.15, 0.2) is 0 Å². The van der Waals surface area contributed by atoms with Crippen LogP contribution in [0, 0.1) is 46.3 Å². The molecule has 0 radical (unpaired) electrons. The van der Waals surface area contributed by atoms with E-state index < -0.39 is 11.4 Å². The van der Waals surface area contributed by atoms with Crippen LogP contribution in [-0.2, 0) is 9.59 Å². The minimum Gasteiger partial charge on any atom is -0.481 e. The van der Waals surface area contributed by atoms with E-state index >= 15 is 0 Å². The van der Waals surface area contributed by atoms with Crippen LogP contribution in [0.1, 0.15) is 105 Å². The molecule has 3 heteroatoms. The molecule has 3 saturated carbocycles. The van der Waals surface area contributed by atoms with Crippen LogP contribution in [0.15, 0.2) is 0 Å². The molecule has 0 aliphatic heterocycles. The highest BCUT2D eigenvalue weighted by Gasteiger charge is 2.60. The van der Waals surface area contributed by atoms with Gasteiger partial charge in [-0.3, -0.25) is 9.59 Å². The fraction of sp³-hybridized carbons (Fsp3) is 0.923. The number of aliphatic carboxylic acids is 1. The first-order chi connectivity index (χ1) is 13.6. The third kappa shape index (κ3) is 4.17. The molecule has 7 atom stereocenters. The normalized spacial score (nSPS) is 41.4. The molecule has 0 aromatic heterocycles. The van der Waals surface area contributed by atoms with Gasteiger partial charge in [-0.25, -0.2) is 0 Å². The summed E-state index contributed by atoms with van der Waals surface area (Å²) in [7, 11) is 0. The van der Waals surface area contributed by atoms with E-state index in [2.05, 4.69) is 34.6 Å². The summed E-state index contributed by atoms with van der Waals surface area (Å²) < 4.78 is 0. The SMILES string of the molecule is CC(C)CCC[C@H](C)[C@H]1CC[C@H]2[C@@H](C(=O)O)[C@@H]([C@@]3(C)CCCCC3=O)CC[C@]12C. The number of carbonyl (C=O) groups excluding carboxylic acids is 1. The molecule has 3 aliphatic rings. The summed E-state index contributed by atoms with van der Waals surface area (Å²) in [6.45, 7) is 11.5. The Morgan fingerprint density at radius 1 is 1.03 bits per heavy atom. The number of hydrogen-bond acceptors (Lipinski definition) is 2. The number of rotatable bonds is 7. The van der Waals surface area contributed by atoms with Crippen LogP contribution in [-0.4, -0.2) is 16.9 Å². The van der Waals surface area contributed by atoms with E-state index in [1.165, 1.54) is 25.7 Å². The summed E-state index contributed by atoms with van der Waals surface area (Å²) in [5.41, 5.74) is -0.283. The standard InChI is InChI=1S/C26H44O3/c1-17(2)9-8-10-18(3)19-12-13-20-23(24(28)29)21(14-16-25(19,20)4)26(5)15-7-6-11-22(26)27/h17-21,23H,6-16H2,1-5H3,(H,28,29)/t18-,19+,20-,21-,23+,25+,26+/m0/s1. The third-order valence-electron chi connectivity index (χ3n) is 9.56. The third-order valence-corrected chi connectivity index (χ3v) is 9.56. The van der Waals surface area contributed by atoms with Crippen molar-refractivity contribution in [3.8, 4) is 0 Å². The lowest BCUT2D eigenvalue weighted by Crippen LogP contribution is -2.52. The number of fused-ring (bicyclic) bond motifs is 1. The van der Waals surface area contributed by atoms with Gasteiger partial charge in [-0.15, -0.1) is 0 Å². The van der Waals surface area contributed by atoms with E-state index in [0.29, 0.717) is 24.0 Å². The molecule has 0 spiro atoms. The summed E-state index contributed by atoms with van der Waals surface area (Å²) >= 11 is 0. The fourth-order valence-corrected chi connectivity index (χ4v) is 7.82. The Morgan fingerprint density at radius 3 is 2.38 bits per heavy atom. The van der Waals surface area contributed by atoms with Gasteiger partial charge in [0, 0.05) is 11.8 Å². The van der Waals surface area contributed by atoms with E-state index in [0.717, 1.165) is 44.4 Å². The topological polar surface area (TPSA) is 54.4 Å². The largest absolute Gasteiger partial charge is 0.481 e. The number of carboxylic acid groups (broad SMARTS) is 1.